The Kier molecular flexibility index (Phi) is 2.73. The molecule has 0 unspecified atom stereocenters. The van der Waals surface area contributed by atoms with Crippen LogP contribution in [-0.2, 0) is 6.18 Å². The molecule has 0 saturated carbocycles. The molecule has 1 heterocycles. The molecular weight excluding hydrogens is 233 g/mol. The van der Waals surface area contributed by atoms with E-state index in [9.17, 15) is 18.0 Å². The molecular formula is C11H11F3N2O. The lowest BCUT2D eigenvalue weighted by Gasteiger charge is -2.38. The van der Waals surface area contributed by atoms with Crippen LogP contribution in [0.4, 0.5) is 18.0 Å². The van der Waals surface area contributed by atoms with Gasteiger partial charge in [0.1, 0.15) is 0 Å². The van der Waals surface area contributed by atoms with Crippen molar-refractivity contribution in [3.63, 3.8) is 0 Å². The maximum absolute atomic E-state index is 12.5. The number of hydrogen-bond donors (Lipinski definition) is 1. The molecule has 2 rings (SSSR count). The SMILES string of the molecule is NC(=O)N1CC(c2cccc(C(F)(F)F)c2)C1. The molecule has 0 spiro atoms. The third-order valence-corrected chi connectivity index (χ3v) is 2.88. The van der Waals surface area contributed by atoms with E-state index in [1.165, 1.54) is 11.0 Å². The zero-order chi connectivity index (χ0) is 12.6. The molecule has 3 nitrogen and oxygen atoms in total. The van der Waals surface area contributed by atoms with Crippen LogP contribution in [0.2, 0.25) is 0 Å². The lowest BCUT2D eigenvalue weighted by atomic mass is 9.90. The highest BCUT2D eigenvalue weighted by atomic mass is 19.4. The highest BCUT2D eigenvalue weighted by Crippen LogP contribution is 2.33. The summed E-state index contributed by atoms with van der Waals surface area (Å²) in [6, 6.07) is 4.65. The quantitative estimate of drug-likeness (QED) is 0.808. The highest BCUT2D eigenvalue weighted by Gasteiger charge is 2.34. The van der Waals surface area contributed by atoms with Crippen LogP contribution < -0.4 is 5.73 Å². The van der Waals surface area contributed by atoms with Crippen molar-refractivity contribution in [2.75, 3.05) is 13.1 Å². The topological polar surface area (TPSA) is 46.3 Å². The Hall–Kier alpha value is -1.72. The van der Waals surface area contributed by atoms with Gasteiger partial charge in [0.15, 0.2) is 0 Å². The Morgan fingerprint density at radius 3 is 2.53 bits per heavy atom. The van der Waals surface area contributed by atoms with Gasteiger partial charge in [-0.1, -0.05) is 18.2 Å². The molecule has 1 aliphatic heterocycles. The van der Waals surface area contributed by atoms with Gasteiger partial charge in [0, 0.05) is 19.0 Å². The number of urea groups is 1. The van der Waals surface area contributed by atoms with E-state index >= 15 is 0 Å². The van der Waals surface area contributed by atoms with E-state index < -0.39 is 17.8 Å². The molecule has 6 heteroatoms. The molecule has 1 aromatic rings. The molecule has 2 amide bonds. The normalized spacial score (nSPS) is 16.8. The second-order valence-electron chi connectivity index (χ2n) is 4.06. The molecule has 1 aromatic carbocycles. The summed E-state index contributed by atoms with van der Waals surface area (Å²) in [6.07, 6.45) is -4.33. The number of alkyl halides is 3. The molecule has 0 bridgehead atoms. The number of benzene rings is 1. The fraction of sp³-hybridized carbons (Fsp3) is 0.364. The van der Waals surface area contributed by atoms with Crippen LogP contribution in [0.25, 0.3) is 0 Å². The Labute approximate surface area is 96.0 Å². The molecule has 17 heavy (non-hydrogen) atoms. The third kappa shape index (κ3) is 2.35. The zero-order valence-corrected chi connectivity index (χ0v) is 8.87. The van der Waals surface area contributed by atoms with Gasteiger partial charge in [-0.2, -0.15) is 13.2 Å². The van der Waals surface area contributed by atoms with E-state index in [4.69, 9.17) is 5.73 Å². The Morgan fingerprint density at radius 2 is 2.00 bits per heavy atom. The molecule has 2 N–H and O–H groups in total. The van der Waals surface area contributed by atoms with Crippen LogP contribution >= 0.6 is 0 Å². The number of rotatable bonds is 1. The number of amides is 2. The highest BCUT2D eigenvalue weighted by molar-refractivity contribution is 5.73. The van der Waals surface area contributed by atoms with Gasteiger partial charge >= 0.3 is 12.2 Å². The number of carbonyl (C=O) groups is 1. The van der Waals surface area contributed by atoms with Gasteiger partial charge in [-0.15, -0.1) is 0 Å². The molecule has 92 valence electrons. The lowest BCUT2D eigenvalue weighted by molar-refractivity contribution is -0.137. The summed E-state index contributed by atoms with van der Waals surface area (Å²) in [5.41, 5.74) is 4.98. The predicted octanol–water partition coefficient (Wildman–Crippen LogP) is 2.18. The average Bonchev–Trinajstić information content (AvgIpc) is 2.13. The standard InChI is InChI=1S/C11H11F3N2O/c12-11(13,14)9-3-1-2-7(4-9)8-5-16(6-8)10(15)17/h1-4,8H,5-6H2,(H2,15,17). The van der Waals surface area contributed by atoms with Crippen molar-refractivity contribution in [2.45, 2.75) is 12.1 Å². The minimum Gasteiger partial charge on any atom is -0.351 e. The van der Waals surface area contributed by atoms with Crippen molar-refractivity contribution in [2.24, 2.45) is 5.73 Å². The van der Waals surface area contributed by atoms with Crippen molar-refractivity contribution in [1.29, 1.82) is 0 Å². The fourth-order valence-corrected chi connectivity index (χ4v) is 1.84. The van der Waals surface area contributed by atoms with Gasteiger partial charge in [-0.3, -0.25) is 0 Å². The van der Waals surface area contributed by atoms with Crippen LogP contribution in [0.5, 0.6) is 0 Å². The van der Waals surface area contributed by atoms with Crippen molar-refractivity contribution in [3.05, 3.63) is 35.4 Å². The molecule has 0 radical (unpaired) electrons. The van der Waals surface area contributed by atoms with E-state index in [1.54, 1.807) is 6.07 Å². The molecule has 0 aromatic heterocycles. The summed E-state index contributed by atoms with van der Waals surface area (Å²) in [5.74, 6) is -0.0511. The van der Waals surface area contributed by atoms with Crippen LogP contribution in [0.3, 0.4) is 0 Å². The molecule has 1 aliphatic rings. The molecule has 1 saturated heterocycles. The Balaban J connectivity index is 2.11. The van der Waals surface area contributed by atoms with Crippen LogP contribution in [-0.4, -0.2) is 24.0 Å². The predicted molar refractivity (Wildman–Crippen MR) is 55.3 cm³/mol. The summed E-state index contributed by atoms with van der Waals surface area (Å²) in [7, 11) is 0. The van der Waals surface area contributed by atoms with Gasteiger partial charge < -0.3 is 10.6 Å². The summed E-state index contributed by atoms with van der Waals surface area (Å²) >= 11 is 0. The first-order valence-corrected chi connectivity index (χ1v) is 5.09. The van der Waals surface area contributed by atoms with E-state index in [0.717, 1.165) is 12.1 Å². The Bertz CT molecular complexity index is 439. The van der Waals surface area contributed by atoms with Crippen LogP contribution in [0, 0.1) is 0 Å². The first-order chi connectivity index (χ1) is 7.88. The first-order valence-electron chi connectivity index (χ1n) is 5.09. The smallest absolute Gasteiger partial charge is 0.351 e. The molecule has 1 fully saturated rings. The second kappa shape index (κ2) is 3.94. The zero-order valence-electron chi connectivity index (χ0n) is 8.87. The number of likely N-dealkylation sites (tertiary alicyclic amines) is 1. The van der Waals surface area contributed by atoms with E-state index in [-0.39, 0.29) is 5.92 Å². The van der Waals surface area contributed by atoms with E-state index in [0.29, 0.717) is 18.7 Å². The van der Waals surface area contributed by atoms with Crippen molar-refractivity contribution in [1.82, 2.24) is 4.90 Å². The summed E-state index contributed by atoms with van der Waals surface area (Å²) < 4.78 is 37.4. The van der Waals surface area contributed by atoms with Crippen molar-refractivity contribution in [3.8, 4) is 0 Å². The number of nitrogens with zero attached hydrogens (tertiary/aromatic N) is 1. The fourth-order valence-electron chi connectivity index (χ4n) is 1.84. The number of primary amides is 1. The van der Waals surface area contributed by atoms with E-state index in [1.807, 2.05) is 0 Å². The minimum absolute atomic E-state index is 0.0511. The summed E-state index contributed by atoms with van der Waals surface area (Å²) in [5, 5.41) is 0. The second-order valence-corrected chi connectivity index (χ2v) is 4.06. The third-order valence-electron chi connectivity index (χ3n) is 2.88. The van der Waals surface area contributed by atoms with Crippen LogP contribution in [0.15, 0.2) is 24.3 Å². The largest absolute Gasteiger partial charge is 0.416 e. The lowest BCUT2D eigenvalue weighted by Crippen LogP contribution is -2.50. The number of halogens is 3. The maximum Gasteiger partial charge on any atom is 0.416 e. The molecule has 0 aliphatic carbocycles. The minimum atomic E-state index is -4.33. The summed E-state index contributed by atoms with van der Waals surface area (Å²) in [4.78, 5) is 12.1. The maximum atomic E-state index is 12.5. The monoisotopic (exact) mass is 244 g/mol. The van der Waals surface area contributed by atoms with Gasteiger partial charge in [0.2, 0.25) is 0 Å². The van der Waals surface area contributed by atoms with Gasteiger partial charge in [-0.05, 0) is 11.6 Å². The van der Waals surface area contributed by atoms with E-state index in [2.05, 4.69) is 0 Å². The average molecular weight is 244 g/mol. The summed E-state index contributed by atoms with van der Waals surface area (Å²) in [6.45, 7) is 0.771. The van der Waals surface area contributed by atoms with Crippen LogP contribution in [0.1, 0.15) is 17.0 Å². The number of hydrogen-bond acceptors (Lipinski definition) is 1. The Morgan fingerprint density at radius 1 is 1.35 bits per heavy atom. The van der Waals surface area contributed by atoms with Crippen molar-refractivity contribution < 1.29 is 18.0 Å². The number of carbonyl (C=O) groups excluding carboxylic acids is 1. The van der Waals surface area contributed by atoms with Crippen molar-refractivity contribution >= 4 is 6.03 Å². The van der Waals surface area contributed by atoms with Gasteiger partial charge in [0.25, 0.3) is 0 Å². The number of nitrogens with two attached hydrogens (primary N) is 1. The van der Waals surface area contributed by atoms with Gasteiger partial charge in [-0.25, -0.2) is 4.79 Å². The first kappa shape index (κ1) is 11.8. The molecule has 0 atom stereocenters. The van der Waals surface area contributed by atoms with Gasteiger partial charge in [0.05, 0.1) is 5.56 Å².